The summed E-state index contributed by atoms with van der Waals surface area (Å²) in [7, 11) is 1.49. The Morgan fingerprint density at radius 1 is 1.22 bits per heavy atom. The lowest BCUT2D eigenvalue weighted by molar-refractivity contribution is -0.119. The van der Waals surface area contributed by atoms with E-state index in [4.69, 9.17) is 0 Å². The van der Waals surface area contributed by atoms with Gasteiger partial charge in [0.15, 0.2) is 0 Å². The second-order valence-electron chi connectivity index (χ2n) is 8.78. The first kappa shape index (κ1) is 24.2. The summed E-state index contributed by atoms with van der Waals surface area (Å²) < 4.78 is 43.8. The molecule has 0 spiro atoms. The monoisotopic (exact) mass is 516 g/mol. The summed E-state index contributed by atoms with van der Waals surface area (Å²) in [6.07, 6.45) is 1.11. The number of thioether (sulfide) groups is 1. The van der Waals surface area contributed by atoms with Gasteiger partial charge in [0.05, 0.1) is 24.5 Å². The zero-order valence-electron chi connectivity index (χ0n) is 19.3. The van der Waals surface area contributed by atoms with Gasteiger partial charge in [0, 0.05) is 36.7 Å². The summed E-state index contributed by atoms with van der Waals surface area (Å²) in [6, 6.07) is 11.3. The maximum Gasteiger partial charge on any atom is 0.291 e. The number of halogens is 3. The normalized spacial score (nSPS) is 19.2. The van der Waals surface area contributed by atoms with Crippen LogP contribution in [0.4, 0.5) is 24.5 Å². The van der Waals surface area contributed by atoms with E-state index in [0.717, 1.165) is 5.56 Å². The van der Waals surface area contributed by atoms with Crippen molar-refractivity contribution in [2.24, 2.45) is 0 Å². The predicted octanol–water partition coefficient (Wildman–Crippen LogP) is 3.18. The average Bonchev–Trinajstić information content (AvgIpc) is 3.45. The van der Waals surface area contributed by atoms with Crippen molar-refractivity contribution < 1.29 is 22.8 Å². The molecule has 1 fully saturated rings. The molecule has 188 valence electrons. The summed E-state index contributed by atoms with van der Waals surface area (Å²) in [6.45, 7) is -0.0658. The zero-order chi connectivity index (χ0) is 25.4. The summed E-state index contributed by atoms with van der Waals surface area (Å²) >= 11 is 1.25. The van der Waals surface area contributed by atoms with Crippen LogP contribution in [-0.4, -0.2) is 64.4 Å². The summed E-state index contributed by atoms with van der Waals surface area (Å²) in [5, 5.41) is 6.87. The Balaban J connectivity index is 1.29. The molecule has 36 heavy (non-hydrogen) atoms. The van der Waals surface area contributed by atoms with E-state index in [1.54, 1.807) is 0 Å². The van der Waals surface area contributed by atoms with Gasteiger partial charge in [-0.25, -0.2) is 22.8 Å². The van der Waals surface area contributed by atoms with Crippen LogP contribution in [0, 0.1) is 5.82 Å². The third-order valence-corrected chi connectivity index (χ3v) is 7.30. The first-order chi connectivity index (χ1) is 17.2. The molecule has 12 heteroatoms. The Morgan fingerprint density at radius 3 is 2.72 bits per heavy atom. The fourth-order valence-electron chi connectivity index (χ4n) is 4.26. The highest BCUT2D eigenvalue weighted by Crippen LogP contribution is 2.40. The van der Waals surface area contributed by atoms with Crippen molar-refractivity contribution in [2.45, 2.75) is 29.8 Å². The van der Waals surface area contributed by atoms with Crippen molar-refractivity contribution in [3.8, 4) is 0 Å². The van der Waals surface area contributed by atoms with Crippen LogP contribution in [-0.2, 0) is 11.3 Å². The third kappa shape index (κ3) is 4.90. The topological polar surface area (TPSA) is 83.4 Å². The van der Waals surface area contributed by atoms with Crippen molar-refractivity contribution in [3.63, 3.8) is 0 Å². The molecule has 0 aliphatic carbocycles. The molecule has 0 bridgehead atoms. The van der Waals surface area contributed by atoms with Gasteiger partial charge in [-0.2, -0.15) is 0 Å². The largest absolute Gasteiger partial charge is 0.363 e. The number of alkyl halides is 2. The summed E-state index contributed by atoms with van der Waals surface area (Å²) in [5.74, 6) is -4.48. The molecule has 8 nitrogen and oxygen atoms in total. The number of carbonyl (C=O) groups is 2. The van der Waals surface area contributed by atoms with Crippen LogP contribution >= 0.6 is 11.8 Å². The second-order valence-corrected chi connectivity index (χ2v) is 9.85. The number of hydrogen-bond donors (Lipinski definition) is 1. The van der Waals surface area contributed by atoms with Crippen molar-refractivity contribution in [1.82, 2.24) is 20.1 Å². The van der Waals surface area contributed by atoms with E-state index in [0.29, 0.717) is 17.1 Å². The van der Waals surface area contributed by atoms with Crippen molar-refractivity contribution in [1.29, 1.82) is 0 Å². The quantitative estimate of drug-likeness (QED) is 0.561. The molecule has 1 saturated heterocycles. The molecule has 1 aromatic heterocycles. The minimum absolute atomic E-state index is 0.0464. The molecule has 0 saturated carbocycles. The average molecular weight is 517 g/mol. The van der Waals surface area contributed by atoms with Gasteiger partial charge >= 0.3 is 0 Å². The fraction of sp³-hybridized carbons (Fsp3) is 0.333. The van der Waals surface area contributed by atoms with E-state index >= 15 is 0 Å². The number of nitrogens with zero attached hydrogens (tertiary/aromatic N) is 5. The molecule has 2 aromatic carbocycles. The van der Waals surface area contributed by atoms with E-state index in [1.165, 1.54) is 51.8 Å². The van der Waals surface area contributed by atoms with Gasteiger partial charge in [-0.1, -0.05) is 30.3 Å². The Bertz CT molecular complexity index is 1300. The number of likely N-dealkylation sites (N-methyl/N-ethyl adjacent to an activating group) is 1. The van der Waals surface area contributed by atoms with Gasteiger partial charge in [0.1, 0.15) is 18.2 Å². The zero-order valence-corrected chi connectivity index (χ0v) is 20.1. The van der Waals surface area contributed by atoms with Crippen LogP contribution in [0.2, 0.25) is 0 Å². The molecule has 0 unspecified atom stereocenters. The molecular weight excluding hydrogens is 493 g/mol. The minimum atomic E-state index is -2.86. The molecular formula is C24H23F3N6O2S. The standard InChI is InChI=1S/C24H23F3N6O2S/c1-31-19-9-16(25)18(32-8-7-24(26,27)13-32)10-20(19)36-12-17(23(31)35)29-22(34)21-28-14-33(30-21)11-15-5-3-2-4-6-15/h2-6,9-10,14,17H,7-8,11-13H2,1H3,(H,29,34)/t17-/m0/s1. The summed E-state index contributed by atoms with van der Waals surface area (Å²) in [5.41, 5.74) is 1.39. The highest BCUT2D eigenvalue weighted by molar-refractivity contribution is 7.99. The van der Waals surface area contributed by atoms with Crippen LogP contribution in [0.5, 0.6) is 0 Å². The highest BCUT2D eigenvalue weighted by atomic mass is 32.2. The Labute approximate surface area is 209 Å². The second kappa shape index (κ2) is 9.49. The van der Waals surface area contributed by atoms with Crippen molar-refractivity contribution >= 4 is 35.0 Å². The first-order valence-corrected chi connectivity index (χ1v) is 12.3. The number of amides is 2. The summed E-state index contributed by atoms with van der Waals surface area (Å²) in [4.78, 5) is 33.1. The molecule has 5 rings (SSSR count). The molecule has 2 aliphatic rings. The number of fused-ring (bicyclic) bond motifs is 1. The van der Waals surface area contributed by atoms with E-state index in [-0.39, 0.29) is 30.2 Å². The van der Waals surface area contributed by atoms with E-state index in [2.05, 4.69) is 15.4 Å². The van der Waals surface area contributed by atoms with E-state index in [9.17, 15) is 22.8 Å². The van der Waals surface area contributed by atoms with Crippen LogP contribution < -0.4 is 15.1 Å². The Morgan fingerprint density at radius 2 is 2.00 bits per heavy atom. The lowest BCUT2D eigenvalue weighted by Crippen LogP contribution is -2.48. The smallest absolute Gasteiger partial charge is 0.291 e. The molecule has 0 radical (unpaired) electrons. The van der Waals surface area contributed by atoms with Gasteiger partial charge < -0.3 is 15.1 Å². The lowest BCUT2D eigenvalue weighted by Gasteiger charge is -2.24. The number of carbonyl (C=O) groups excluding carboxylic acids is 2. The number of aromatic nitrogens is 3. The molecule has 2 aliphatic heterocycles. The molecule has 3 heterocycles. The molecule has 2 amide bonds. The third-order valence-electron chi connectivity index (χ3n) is 6.17. The van der Waals surface area contributed by atoms with Gasteiger partial charge in [-0.3, -0.25) is 9.59 Å². The minimum Gasteiger partial charge on any atom is -0.363 e. The van der Waals surface area contributed by atoms with Gasteiger partial charge in [0.25, 0.3) is 11.8 Å². The van der Waals surface area contributed by atoms with E-state index < -0.39 is 36.1 Å². The van der Waals surface area contributed by atoms with Crippen molar-refractivity contribution in [2.75, 3.05) is 35.7 Å². The van der Waals surface area contributed by atoms with Crippen LogP contribution in [0.25, 0.3) is 0 Å². The van der Waals surface area contributed by atoms with Gasteiger partial charge in [-0.05, 0) is 11.6 Å². The van der Waals surface area contributed by atoms with Crippen LogP contribution in [0.15, 0.2) is 53.7 Å². The molecule has 1 N–H and O–H groups in total. The maximum atomic E-state index is 14.9. The number of benzene rings is 2. The van der Waals surface area contributed by atoms with Gasteiger partial charge in [0.2, 0.25) is 11.7 Å². The number of rotatable bonds is 5. The SMILES string of the molecule is CN1C(=O)[C@@H](NC(=O)c2ncn(Cc3ccccc3)n2)CSc2cc(N3CCC(F)(F)C3)c(F)cc21. The van der Waals surface area contributed by atoms with Crippen molar-refractivity contribution in [3.05, 3.63) is 66.0 Å². The van der Waals surface area contributed by atoms with Crippen LogP contribution in [0.3, 0.4) is 0 Å². The lowest BCUT2D eigenvalue weighted by atomic mass is 10.2. The molecule has 1 atom stereocenters. The number of hydrogen-bond acceptors (Lipinski definition) is 6. The van der Waals surface area contributed by atoms with Gasteiger partial charge in [-0.15, -0.1) is 16.9 Å². The highest BCUT2D eigenvalue weighted by Gasteiger charge is 2.40. The number of anilines is 2. The van der Waals surface area contributed by atoms with Crippen LogP contribution in [0.1, 0.15) is 22.6 Å². The first-order valence-electron chi connectivity index (χ1n) is 11.3. The Kier molecular flexibility index (Phi) is 6.37. The molecule has 3 aromatic rings. The number of nitrogens with one attached hydrogen (secondary N) is 1. The Hall–Kier alpha value is -3.54. The fourth-order valence-corrected chi connectivity index (χ4v) is 5.37. The predicted molar refractivity (Wildman–Crippen MR) is 129 cm³/mol. The van der Waals surface area contributed by atoms with E-state index in [1.807, 2.05) is 30.3 Å². The maximum absolute atomic E-state index is 14.9.